The van der Waals surface area contributed by atoms with Gasteiger partial charge in [0.05, 0.1) is 11.1 Å². The standard InChI is InChI=1S/C27H31ClN2O3.C5H10/c1-33-15-5-4-13-27(32,22-9-7-14-30(18-22)19-31)23-10-6-11-24(28)26(23)21-16-20-8-2-3-12-25(20)29-17-21;1-2-4-5-3-1/h2-3,6,8,10-12,16-17,19,22,32H,4-5,7,9,13-15,18H2,1H3;1-5H2. The molecule has 0 radical (unpaired) electrons. The van der Waals surface area contributed by atoms with Crippen molar-refractivity contribution in [3.8, 4) is 11.1 Å². The minimum atomic E-state index is -1.12. The van der Waals surface area contributed by atoms with Crippen LogP contribution in [-0.4, -0.2) is 48.2 Å². The van der Waals surface area contributed by atoms with Crippen LogP contribution in [0.1, 0.15) is 69.8 Å². The number of halogens is 1. The number of ether oxygens (including phenoxy) is 1. The van der Waals surface area contributed by atoms with Crippen molar-refractivity contribution in [3.05, 3.63) is 65.3 Å². The fourth-order valence-electron chi connectivity index (χ4n) is 5.96. The zero-order chi connectivity index (χ0) is 26.8. The lowest BCUT2D eigenvalue weighted by atomic mass is 9.72. The van der Waals surface area contributed by atoms with Gasteiger partial charge in [-0.05, 0) is 55.9 Å². The molecule has 2 atom stereocenters. The second-order valence-corrected chi connectivity index (χ2v) is 11.1. The number of carbonyl (C=O) groups is 1. The van der Waals surface area contributed by atoms with Crippen LogP contribution in [0.25, 0.3) is 22.0 Å². The first-order valence-electron chi connectivity index (χ1n) is 14.1. The number of fused-ring (bicyclic) bond motifs is 1. The Balaban J connectivity index is 0.000000603. The summed E-state index contributed by atoms with van der Waals surface area (Å²) >= 11 is 6.77. The molecule has 2 fully saturated rings. The number of likely N-dealkylation sites (tertiary alicyclic amines) is 1. The van der Waals surface area contributed by atoms with Crippen LogP contribution in [0, 0.1) is 5.92 Å². The fourth-order valence-corrected chi connectivity index (χ4v) is 6.25. The predicted octanol–water partition coefficient (Wildman–Crippen LogP) is 7.38. The Morgan fingerprint density at radius 2 is 1.84 bits per heavy atom. The van der Waals surface area contributed by atoms with Crippen LogP contribution < -0.4 is 0 Å². The van der Waals surface area contributed by atoms with Crippen molar-refractivity contribution in [1.29, 1.82) is 0 Å². The molecule has 5 rings (SSSR count). The summed E-state index contributed by atoms with van der Waals surface area (Å²) in [5.74, 6) is -0.0790. The fraction of sp³-hybridized carbons (Fsp3) is 0.500. The molecule has 2 aliphatic rings. The number of hydrogen-bond acceptors (Lipinski definition) is 4. The minimum Gasteiger partial charge on any atom is -0.385 e. The molecule has 0 spiro atoms. The van der Waals surface area contributed by atoms with Crippen LogP contribution in [0.2, 0.25) is 5.02 Å². The number of methoxy groups -OCH3 is 1. The molecule has 5 nitrogen and oxygen atoms in total. The molecular weight excluding hydrogens is 496 g/mol. The number of hydrogen-bond donors (Lipinski definition) is 1. The number of unbranched alkanes of at least 4 members (excludes halogenated alkanes) is 1. The number of piperidine rings is 1. The smallest absolute Gasteiger partial charge is 0.209 e. The summed E-state index contributed by atoms with van der Waals surface area (Å²) in [5, 5.41) is 13.9. The number of aliphatic hydroxyl groups is 1. The largest absolute Gasteiger partial charge is 0.385 e. The number of rotatable bonds is 9. The number of carbonyl (C=O) groups excluding carboxylic acids is 1. The second kappa shape index (κ2) is 14.1. The SMILES string of the molecule is C1CCCC1.COCCCCC(O)(c1cccc(Cl)c1-c1cnc2ccccc2c1)C1CCCN(C=O)C1. The van der Waals surface area contributed by atoms with Gasteiger partial charge in [0.25, 0.3) is 0 Å². The molecular formula is C32H41ClN2O3. The number of nitrogens with zero attached hydrogens (tertiary/aromatic N) is 2. The summed E-state index contributed by atoms with van der Waals surface area (Å²) in [7, 11) is 1.69. The zero-order valence-electron chi connectivity index (χ0n) is 22.6. The maximum atomic E-state index is 12.3. The van der Waals surface area contributed by atoms with E-state index >= 15 is 0 Å². The van der Waals surface area contributed by atoms with E-state index in [1.807, 2.05) is 48.7 Å². The van der Waals surface area contributed by atoms with E-state index in [4.69, 9.17) is 16.3 Å². The lowest BCUT2D eigenvalue weighted by molar-refractivity contribution is -0.123. The molecule has 1 amide bonds. The lowest BCUT2D eigenvalue weighted by Crippen LogP contribution is -2.46. The third-order valence-corrected chi connectivity index (χ3v) is 8.36. The van der Waals surface area contributed by atoms with Crippen molar-refractivity contribution in [2.45, 2.75) is 69.8 Å². The molecule has 38 heavy (non-hydrogen) atoms. The normalized spacial score (nSPS) is 19.0. The number of benzene rings is 2. The average Bonchev–Trinajstić information content (AvgIpc) is 3.55. The van der Waals surface area contributed by atoms with Crippen LogP contribution in [0.15, 0.2) is 54.7 Å². The van der Waals surface area contributed by atoms with Crippen molar-refractivity contribution >= 4 is 28.9 Å². The van der Waals surface area contributed by atoms with Gasteiger partial charge in [0.15, 0.2) is 0 Å². The van der Waals surface area contributed by atoms with Crippen molar-refractivity contribution in [2.75, 3.05) is 26.8 Å². The van der Waals surface area contributed by atoms with E-state index in [1.165, 1.54) is 32.1 Å². The summed E-state index contributed by atoms with van der Waals surface area (Å²) < 4.78 is 5.23. The summed E-state index contributed by atoms with van der Waals surface area (Å²) in [5.41, 5.74) is 2.30. The van der Waals surface area contributed by atoms with Gasteiger partial charge in [-0.3, -0.25) is 9.78 Å². The first-order chi connectivity index (χ1) is 18.6. The third kappa shape index (κ3) is 6.93. The van der Waals surface area contributed by atoms with Crippen molar-refractivity contribution in [2.24, 2.45) is 5.92 Å². The Bertz CT molecular complexity index is 1170. The molecule has 0 bridgehead atoms. The quantitative estimate of drug-likeness (QED) is 0.229. The molecule has 1 aliphatic heterocycles. The van der Waals surface area contributed by atoms with E-state index in [9.17, 15) is 9.90 Å². The Labute approximate surface area is 232 Å². The van der Waals surface area contributed by atoms with Crippen LogP contribution >= 0.6 is 11.6 Å². The first kappa shape index (κ1) is 28.5. The number of aromatic nitrogens is 1. The topological polar surface area (TPSA) is 62.7 Å². The summed E-state index contributed by atoms with van der Waals surface area (Å²) in [6.45, 7) is 1.92. The highest BCUT2D eigenvalue weighted by Crippen LogP contribution is 2.45. The summed E-state index contributed by atoms with van der Waals surface area (Å²) in [6.07, 6.45) is 14.2. The third-order valence-electron chi connectivity index (χ3n) is 8.04. The molecule has 204 valence electrons. The Morgan fingerprint density at radius 3 is 2.58 bits per heavy atom. The molecule has 1 N–H and O–H groups in total. The van der Waals surface area contributed by atoms with Crippen LogP contribution in [0.4, 0.5) is 0 Å². The van der Waals surface area contributed by atoms with E-state index in [0.717, 1.165) is 66.2 Å². The molecule has 1 saturated heterocycles. The van der Waals surface area contributed by atoms with E-state index in [0.29, 0.717) is 24.6 Å². The summed E-state index contributed by atoms with van der Waals surface area (Å²) in [4.78, 5) is 17.9. The van der Waals surface area contributed by atoms with Crippen LogP contribution in [0.5, 0.6) is 0 Å². The van der Waals surface area contributed by atoms with Gasteiger partial charge in [0.1, 0.15) is 0 Å². The van der Waals surface area contributed by atoms with E-state index in [2.05, 4.69) is 11.1 Å². The van der Waals surface area contributed by atoms with Crippen molar-refractivity contribution in [1.82, 2.24) is 9.88 Å². The van der Waals surface area contributed by atoms with E-state index in [-0.39, 0.29) is 5.92 Å². The van der Waals surface area contributed by atoms with Gasteiger partial charge < -0.3 is 14.7 Å². The van der Waals surface area contributed by atoms with Crippen molar-refractivity contribution in [3.63, 3.8) is 0 Å². The summed E-state index contributed by atoms with van der Waals surface area (Å²) in [6, 6.07) is 15.8. The highest BCUT2D eigenvalue weighted by Gasteiger charge is 2.42. The van der Waals surface area contributed by atoms with Gasteiger partial charge in [-0.15, -0.1) is 0 Å². The number of amides is 1. The first-order valence-corrected chi connectivity index (χ1v) is 14.5. The second-order valence-electron chi connectivity index (χ2n) is 10.7. The molecule has 2 aromatic carbocycles. The maximum Gasteiger partial charge on any atom is 0.209 e. The molecule has 2 unspecified atom stereocenters. The van der Waals surface area contributed by atoms with Gasteiger partial charge in [0, 0.05) is 60.5 Å². The van der Waals surface area contributed by atoms with Gasteiger partial charge in [-0.2, -0.15) is 0 Å². The zero-order valence-corrected chi connectivity index (χ0v) is 23.3. The molecule has 3 aromatic rings. The Hall–Kier alpha value is -2.47. The highest BCUT2D eigenvalue weighted by atomic mass is 35.5. The van der Waals surface area contributed by atoms with Crippen LogP contribution in [0.3, 0.4) is 0 Å². The average molecular weight is 537 g/mol. The Morgan fingerprint density at radius 1 is 1.08 bits per heavy atom. The van der Waals surface area contributed by atoms with E-state index < -0.39 is 5.60 Å². The minimum absolute atomic E-state index is 0.0790. The molecule has 1 aliphatic carbocycles. The van der Waals surface area contributed by atoms with Gasteiger partial charge in [0.2, 0.25) is 6.41 Å². The van der Waals surface area contributed by atoms with E-state index in [1.54, 1.807) is 12.0 Å². The van der Waals surface area contributed by atoms with Gasteiger partial charge in [-0.1, -0.05) is 74.0 Å². The highest BCUT2D eigenvalue weighted by molar-refractivity contribution is 6.33. The number of pyridine rings is 1. The van der Waals surface area contributed by atoms with Gasteiger partial charge in [-0.25, -0.2) is 0 Å². The molecule has 1 saturated carbocycles. The van der Waals surface area contributed by atoms with Crippen molar-refractivity contribution < 1.29 is 14.6 Å². The molecule has 2 heterocycles. The lowest BCUT2D eigenvalue weighted by Gasteiger charge is -2.43. The van der Waals surface area contributed by atoms with Crippen LogP contribution in [-0.2, 0) is 15.1 Å². The predicted molar refractivity (Wildman–Crippen MR) is 155 cm³/mol. The number of para-hydroxylation sites is 1. The monoisotopic (exact) mass is 536 g/mol. The van der Waals surface area contributed by atoms with Gasteiger partial charge >= 0.3 is 0 Å². The maximum absolute atomic E-state index is 12.3. The molecule has 1 aromatic heterocycles. The molecule has 6 heteroatoms. The Kier molecular flexibility index (Phi) is 10.6.